The van der Waals surface area contributed by atoms with Crippen LogP contribution in [0.3, 0.4) is 0 Å². The van der Waals surface area contributed by atoms with Crippen LogP contribution in [0, 0.1) is 5.92 Å². The number of carbonyl (C=O) groups excluding carboxylic acids is 1. The van der Waals surface area contributed by atoms with Crippen molar-refractivity contribution in [2.45, 2.75) is 70.2 Å². The first-order chi connectivity index (χ1) is 13.5. The van der Waals surface area contributed by atoms with Crippen molar-refractivity contribution < 1.29 is 19.2 Å². The normalized spacial score (nSPS) is 22.4. The lowest BCUT2D eigenvalue weighted by Gasteiger charge is -2.44. The molecule has 1 fully saturated rings. The molecule has 29 heavy (non-hydrogen) atoms. The molecule has 1 amide bonds. The molecule has 8 heteroatoms. The van der Waals surface area contributed by atoms with Gasteiger partial charge in [-0.15, -0.1) is 4.72 Å². The summed E-state index contributed by atoms with van der Waals surface area (Å²) in [5.74, 6) is -1.64. The van der Waals surface area contributed by atoms with Crippen LogP contribution in [0.1, 0.15) is 65.0 Å². The molecule has 2 unspecified atom stereocenters. The summed E-state index contributed by atoms with van der Waals surface area (Å²) in [5, 5.41) is 9.83. The highest BCUT2D eigenvalue weighted by atomic mass is 35.5. The minimum atomic E-state index is -1.25. The van der Waals surface area contributed by atoms with E-state index in [9.17, 15) is 19.2 Å². The number of benzene rings is 1. The second kappa shape index (κ2) is 10.2. The van der Waals surface area contributed by atoms with Crippen LogP contribution < -0.4 is 4.72 Å². The van der Waals surface area contributed by atoms with Gasteiger partial charge in [-0.05, 0) is 57.7 Å². The number of likely N-dealkylation sites (tertiary alicyclic amines) is 1. The molecule has 1 saturated heterocycles. The van der Waals surface area contributed by atoms with Crippen LogP contribution >= 0.6 is 11.6 Å². The van der Waals surface area contributed by atoms with Gasteiger partial charge in [-0.1, -0.05) is 30.7 Å². The molecule has 1 heterocycles. The van der Waals surface area contributed by atoms with Gasteiger partial charge < -0.3 is 14.6 Å². The summed E-state index contributed by atoms with van der Waals surface area (Å²) >= 11 is 4.77. The average molecular weight is 443 g/mol. The van der Waals surface area contributed by atoms with Gasteiger partial charge in [-0.2, -0.15) is 0 Å². The number of hydrogen-bond acceptors (Lipinski definition) is 4. The van der Waals surface area contributed by atoms with Crippen molar-refractivity contribution in [3.63, 3.8) is 0 Å². The Morgan fingerprint density at radius 3 is 2.48 bits per heavy atom. The molecule has 6 nitrogen and oxygen atoms in total. The standard InChI is InChI=1S/C21H31ClN2O4S/c1-5-17(13-23-29(28)21(2,3)4)24-18(14-6-9-16(22)10-7-14)11-8-15(20(24)27)12-19(25)26/h6-7,9-10,15,17-18,23H,5,8,11-13H2,1-4H3,(H,25,26)/t15-,17?,18+,29?/m1/s1. The molecule has 0 bridgehead atoms. The van der Waals surface area contributed by atoms with Gasteiger partial charge in [0.25, 0.3) is 0 Å². The van der Waals surface area contributed by atoms with Gasteiger partial charge in [0.2, 0.25) is 5.91 Å². The number of carboxylic acids is 1. The van der Waals surface area contributed by atoms with Crippen LogP contribution in [-0.2, 0) is 21.0 Å². The number of piperidine rings is 1. The van der Waals surface area contributed by atoms with Gasteiger partial charge in [-0.3, -0.25) is 9.59 Å². The second-order valence-electron chi connectivity index (χ2n) is 8.48. The summed E-state index contributed by atoms with van der Waals surface area (Å²) in [7, 11) is 0. The molecule has 0 aliphatic carbocycles. The molecule has 0 saturated carbocycles. The van der Waals surface area contributed by atoms with E-state index in [0.29, 0.717) is 30.8 Å². The first kappa shape index (κ1) is 24.0. The van der Waals surface area contributed by atoms with Gasteiger partial charge in [0.15, 0.2) is 0 Å². The van der Waals surface area contributed by atoms with Crippen LogP contribution in [0.15, 0.2) is 24.3 Å². The Kier molecular flexibility index (Phi) is 8.40. The predicted octanol–water partition coefficient (Wildman–Crippen LogP) is 3.92. The minimum absolute atomic E-state index is 0.145. The average Bonchev–Trinajstić information content (AvgIpc) is 2.64. The highest BCUT2D eigenvalue weighted by Gasteiger charge is 2.40. The van der Waals surface area contributed by atoms with Crippen molar-refractivity contribution in [3.05, 3.63) is 34.9 Å². The SMILES string of the molecule is CCC(CN[S+]([O-])C(C)(C)C)N1C(=O)[C@@H](CC(=O)O)CC[C@H]1c1ccc(Cl)cc1. The monoisotopic (exact) mass is 442 g/mol. The summed E-state index contributed by atoms with van der Waals surface area (Å²) in [6.07, 6.45) is 1.72. The first-order valence-corrected chi connectivity index (χ1v) is 11.5. The maximum atomic E-state index is 13.3. The highest BCUT2D eigenvalue weighted by Crippen LogP contribution is 2.38. The molecular weight excluding hydrogens is 412 g/mol. The smallest absolute Gasteiger partial charge is 0.304 e. The Bertz CT molecular complexity index is 708. The van der Waals surface area contributed by atoms with Gasteiger partial charge in [0.05, 0.1) is 19.0 Å². The lowest BCUT2D eigenvalue weighted by atomic mass is 9.85. The molecule has 1 aromatic carbocycles. The van der Waals surface area contributed by atoms with Gasteiger partial charge in [-0.25, -0.2) is 0 Å². The van der Waals surface area contributed by atoms with Crippen molar-refractivity contribution in [3.8, 4) is 0 Å². The number of hydrogen-bond donors (Lipinski definition) is 2. The number of carboxylic acid groups (broad SMARTS) is 1. The lowest BCUT2D eigenvalue weighted by Crippen LogP contribution is -2.54. The quantitative estimate of drug-likeness (QED) is 0.595. The molecule has 2 N–H and O–H groups in total. The number of rotatable bonds is 8. The molecule has 1 aliphatic heterocycles. The van der Waals surface area contributed by atoms with Gasteiger partial charge in [0.1, 0.15) is 4.75 Å². The number of nitrogens with zero attached hydrogens (tertiary/aromatic N) is 1. The van der Waals surface area contributed by atoms with Crippen LogP contribution in [-0.4, -0.2) is 43.8 Å². The molecule has 2 rings (SSSR count). The van der Waals surface area contributed by atoms with Crippen molar-refractivity contribution >= 4 is 34.8 Å². The van der Waals surface area contributed by atoms with Crippen LogP contribution in [0.2, 0.25) is 5.02 Å². The third kappa shape index (κ3) is 6.35. The molecule has 1 aliphatic rings. The third-order valence-electron chi connectivity index (χ3n) is 5.27. The summed E-state index contributed by atoms with van der Waals surface area (Å²) in [5.41, 5.74) is 0.979. The van der Waals surface area contributed by atoms with Crippen LogP contribution in [0.25, 0.3) is 0 Å². The molecule has 0 aromatic heterocycles. The number of carbonyl (C=O) groups is 2. The van der Waals surface area contributed by atoms with Crippen molar-refractivity contribution in [2.24, 2.45) is 5.92 Å². The fraction of sp³-hybridized carbons (Fsp3) is 0.619. The second-order valence-corrected chi connectivity index (χ2v) is 11.0. The summed E-state index contributed by atoms with van der Waals surface area (Å²) < 4.78 is 15.1. The maximum absolute atomic E-state index is 13.3. The molecule has 0 spiro atoms. The van der Waals surface area contributed by atoms with Crippen molar-refractivity contribution in [2.75, 3.05) is 6.54 Å². The number of halogens is 1. The van der Waals surface area contributed by atoms with Gasteiger partial charge in [0, 0.05) is 28.3 Å². The minimum Gasteiger partial charge on any atom is -0.598 e. The Balaban J connectivity index is 2.29. The van der Waals surface area contributed by atoms with E-state index in [1.165, 1.54) is 0 Å². The number of amides is 1. The molecule has 1 aromatic rings. The van der Waals surface area contributed by atoms with E-state index < -0.39 is 28.0 Å². The van der Waals surface area contributed by atoms with E-state index in [-0.39, 0.29) is 24.4 Å². The molecule has 0 radical (unpaired) electrons. The Morgan fingerprint density at radius 1 is 1.34 bits per heavy atom. The largest absolute Gasteiger partial charge is 0.598 e. The van der Waals surface area contributed by atoms with E-state index in [4.69, 9.17) is 11.6 Å². The predicted molar refractivity (Wildman–Crippen MR) is 116 cm³/mol. The zero-order chi connectivity index (χ0) is 21.8. The number of aliphatic carboxylic acids is 1. The zero-order valence-corrected chi connectivity index (χ0v) is 19.1. The highest BCUT2D eigenvalue weighted by molar-refractivity contribution is 7.90. The topological polar surface area (TPSA) is 92.7 Å². The third-order valence-corrected chi connectivity index (χ3v) is 7.07. The van der Waals surface area contributed by atoms with Gasteiger partial charge >= 0.3 is 5.97 Å². The van der Waals surface area contributed by atoms with E-state index in [1.807, 2.05) is 44.7 Å². The lowest BCUT2D eigenvalue weighted by molar-refractivity contribution is -0.151. The van der Waals surface area contributed by atoms with Crippen molar-refractivity contribution in [1.82, 2.24) is 9.62 Å². The van der Waals surface area contributed by atoms with Crippen LogP contribution in [0.4, 0.5) is 0 Å². The first-order valence-electron chi connectivity index (χ1n) is 9.99. The Labute approximate surface area is 181 Å². The van der Waals surface area contributed by atoms with E-state index in [1.54, 1.807) is 12.1 Å². The van der Waals surface area contributed by atoms with E-state index >= 15 is 0 Å². The number of nitrogens with one attached hydrogen (secondary N) is 1. The summed E-state index contributed by atoms with van der Waals surface area (Å²) in [6, 6.07) is 7.09. The molecule has 162 valence electrons. The fourth-order valence-corrected chi connectivity index (χ4v) is 4.56. The molecule has 4 atom stereocenters. The Morgan fingerprint density at radius 2 is 1.97 bits per heavy atom. The van der Waals surface area contributed by atoms with Crippen LogP contribution in [0.5, 0.6) is 0 Å². The summed E-state index contributed by atoms with van der Waals surface area (Å²) in [6.45, 7) is 8.04. The Hall–Kier alpha value is -1.28. The van der Waals surface area contributed by atoms with E-state index in [2.05, 4.69) is 4.72 Å². The van der Waals surface area contributed by atoms with E-state index in [0.717, 1.165) is 5.56 Å². The maximum Gasteiger partial charge on any atom is 0.304 e. The summed E-state index contributed by atoms with van der Waals surface area (Å²) in [4.78, 5) is 26.3. The van der Waals surface area contributed by atoms with Crippen molar-refractivity contribution in [1.29, 1.82) is 0 Å². The fourth-order valence-electron chi connectivity index (χ4n) is 3.66. The molecular formula is C21H31ClN2O4S. The zero-order valence-electron chi connectivity index (χ0n) is 17.5.